The third-order valence-corrected chi connectivity index (χ3v) is 7.91. The van der Waals surface area contributed by atoms with E-state index in [1.807, 2.05) is 6.07 Å². The monoisotopic (exact) mass is 477 g/mol. The normalized spacial score (nSPS) is 13.9. The van der Waals surface area contributed by atoms with Gasteiger partial charge in [-0.25, -0.2) is 9.97 Å². The summed E-state index contributed by atoms with van der Waals surface area (Å²) in [6.45, 7) is 4.60. The molecule has 4 aromatic carbocycles. The molecule has 1 aliphatic rings. The van der Waals surface area contributed by atoms with E-state index >= 15 is 0 Å². The van der Waals surface area contributed by atoms with Gasteiger partial charge in [-0.1, -0.05) is 92.7 Å². The van der Waals surface area contributed by atoms with Crippen LogP contribution < -0.4 is 0 Å². The van der Waals surface area contributed by atoms with Gasteiger partial charge in [-0.05, 0) is 34.4 Å². The van der Waals surface area contributed by atoms with Gasteiger partial charge in [0.2, 0.25) is 5.95 Å². The lowest BCUT2D eigenvalue weighted by atomic mass is 9.79. The van der Waals surface area contributed by atoms with Crippen molar-refractivity contribution in [3.05, 3.63) is 114 Å². The zero-order valence-corrected chi connectivity index (χ0v) is 20.6. The smallest absolute Gasteiger partial charge is 0.236 e. The second kappa shape index (κ2) is 7.17. The molecule has 1 aliphatic carbocycles. The zero-order valence-electron chi connectivity index (χ0n) is 20.6. The van der Waals surface area contributed by atoms with E-state index in [0.717, 1.165) is 27.8 Å². The highest BCUT2D eigenvalue weighted by Crippen LogP contribution is 2.52. The first-order valence-corrected chi connectivity index (χ1v) is 12.6. The van der Waals surface area contributed by atoms with E-state index < -0.39 is 0 Å². The van der Waals surface area contributed by atoms with Crippen molar-refractivity contribution < 1.29 is 4.42 Å². The quantitative estimate of drug-likeness (QED) is 0.252. The van der Waals surface area contributed by atoms with Crippen molar-refractivity contribution in [3.63, 3.8) is 0 Å². The van der Waals surface area contributed by atoms with Crippen molar-refractivity contribution in [2.24, 2.45) is 0 Å². The van der Waals surface area contributed by atoms with Crippen molar-refractivity contribution in [1.82, 2.24) is 14.5 Å². The molecule has 0 aliphatic heterocycles. The molecule has 4 heteroatoms. The maximum absolute atomic E-state index is 6.02. The number of rotatable bonds is 2. The van der Waals surface area contributed by atoms with E-state index in [1.165, 1.54) is 33.0 Å². The number of furan rings is 1. The first-order chi connectivity index (χ1) is 18.1. The Morgan fingerprint density at radius 2 is 1.30 bits per heavy atom. The maximum atomic E-state index is 6.02. The molecular formula is C33H23N3O. The number of aromatic nitrogens is 3. The highest BCUT2D eigenvalue weighted by atomic mass is 16.3. The summed E-state index contributed by atoms with van der Waals surface area (Å²) in [7, 11) is 0. The Hall–Kier alpha value is -4.70. The molecule has 0 saturated heterocycles. The van der Waals surface area contributed by atoms with Crippen LogP contribution in [0.2, 0.25) is 0 Å². The highest BCUT2D eigenvalue weighted by Gasteiger charge is 2.38. The molecule has 0 radical (unpaired) electrons. The second-order valence-electron chi connectivity index (χ2n) is 10.3. The van der Waals surface area contributed by atoms with Gasteiger partial charge in [0.15, 0.2) is 5.58 Å². The van der Waals surface area contributed by atoms with Crippen LogP contribution in [0.5, 0.6) is 0 Å². The van der Waals surface area contributed by atoms with Crippen LogP contribution in [-0.4, -0.2) is 14.5 Å². The van der Waals surface area contributed by atoms with Gasteiger partial charge in [-0.15, -0.1) is 0 Å². The Labute approximate surface area is 213 Å². The lowest BCUT2D eigenvalue weighted by Crippen LogP contribution is -2.16. The number of nitrogens with zero attached hydrogens (tertiary/aromatic N) is 3. The maximum Gasteiger partial charge on any atom is 0.236 e. The van der Waals surface area contributed by atoms with E-state index in [-0.39, 0.29) is 5.41 Å². The third kappa shape index (κ3) is 2.67. The first kappa shape index (κ1) is 20.5. The molecule has 0 spiro atoms. The molecule has 0 N–H and O–H groups in total. The number of hydrogen-bond donors (Lipinski definition) is 0. The Kier molecular flexibility index (Phi) is 3.97. The van der Waals surface area contributed by atoms with Gasteiger partial charge >= 0.3 is 0 Å². The van der Waals surface area contributed by atoms with Crippen LogP contribution in [-0.2, 0) is 5.41 Å². The summed E-state index contributed by atoms with van der Waals surface area (Å²) in [5, 5.41) is 2.38. The summed E-state index contributed by atoms with van der Waals surface area (Å²) in [6, 6.07) is 34.1. The minimum absolute atomic E-state index is 0.167. The van der Waals surface area contributed by atoms with Gasteiger partial charge in [-0.2, -0.15) is 0 Å². The number of benzene rings is 4. The molecule has 0 bridgehead atoms. The molecule has 3 heterocycles. The van der Waals surface area contributed by atoms with Crippen LogP contribution in [0.1, 0.15) is 25.0 Å². The molecule has 0 fully saturated rings. The molecule has 8 rings (SSSR count). The van der Waals surface area contributed by atoms with Gasteiger partial charge in [0, 0.05) is 27.8 Å². The largest absolute Gasteiger partial charge is 0.460 e. The number of para-hydroxylation sites is 2. The van der Waals surface area contributed by atoms with Gasteiger partial charge < -0.3 is 4.42 Å². The molecule has 0 saturated carbocycles. The predicted octanol–water partition coefficient (Wildman–Crippen LogP) is 8.29. The molecule has 7 aromatic rings. The topological polar surface area (TPSA) is 43.9 Å². The van der Waals surface area contributed by atoms with Crippen molar-refractivity contribution in [2.75, 3.05) is 0 Å². The van der Waals surface area contributed by atoms with Crippen LogP contribution in [0.4, 0.5) is 0 Å². The predicted molar refractivity (Wildman–Crippen MR) is 149 cm³/mol. The summed E-state index contributed by atoms with van der Waals surface area (Å²) in [6.07, 6.45) is 1.71. The van der Waals surface area contributed by atoms with E-state index in [9.17, 15) is 0 Å². The molecule has 37 heavy (non-hydrogen) atoms. The van der Waals surface area contributed by atoms with Crippen LogP contribution in [0.15, 0.2) is 108 Å². The van der Waals surface area contributed by atoms with Crippen LogP contribution in [0.25, 0.3) is 61.2 Å². The molecule has 4 nitrogen and oxygen atoms in total. The summed E-state index contributed by atoms with van der Waals surface area (Å²) < 4.78 is 8.19. The zero-order chi connectivity index (χ0) is 24.7. The summed E-state index contributed by atoms with van der Waals surface area (Å²) >= 11 is 0. The third-order valence-electron chi connectivity index (χ3n) is 7.91. The number of fused-ring (bicyclic) bond motifs is 7. The average molecular weight is 478 g/mol. The highest BCUT2D eigenvalue weighted by molar-refractivity contribution is 6.09. The van der Waals surface area contributed by atoms with E-state index in [4.69, 9.17) is 14.4 Å². The SMILES string of the molecule is CC1(C)c2ccccc2-c2cccc(-c3nc(-n4c5ccccc5c5ccccc54)nc4ccoc34)c21. The fourth-order valence-corrected chi connectivity index (χ4v) is 6.32. The molecule has 0 amide bonds. The minimum atomic E-state index is -0.167. The standard InChI is InChI=1S/C33H23N3O/c1-33(2)25-15-6-3-10-20(25)23-13-9-14-24(29(23)33)30-31-26(18-19-37-31)34-32(35-30)36-27-16-7-4-11-21(27)22-12-5-8-17-28(22)36/h3-19H,1-2H3. The molecule has 0 atom stereocenters. The Balaban J connectivity index is 1.46. The second-order valence-corrected chi connectivity index (χ2v) is 10.3. The lowest BCUT2D eigenvalue weighted by Gasteiger charge is -2.24. The average Bonchev–Trinajstić information content (AvgIpc) is 3.60. The summed E-state index contributed by atoms with van der Waals surface area (Å²) in [4.78, 5) is 10.2. The Bertz CT molecular complexity index is 1970. The van der Waals surface area contributed by atoms with Crippen molar-refractivity contribution in [1.29, 1.82) is 0 Å². The van der Waals surface area contributed by atoms with E-state index in [0.29, 0.717) is 11.5 Å². The van der Waals surface area contributed by atoms with Crippen molar-refractivity contribution in [3.8, 4) is 28.3 Å². The van der Waals surface area contributed by atoms with E-state index in [2.05, 4.69) is 109 Å². The number of hydrogen-bond acceptors (Lipinski definition) is 3. The van der Waals surface area contributed by atoms with E-state index in [1.54, 1.807) is 6.26 Å². The fraction of sp³-hybridized carbons (Fsp3) is 0.0909. The first-order valence-electron chi connectivity index (χ1n) is 12.6. The van der Waals surface area contributed by atoms with Gasteiger partial charge in [-0.3, -0.25) is 4.57 Å². The fourth-order valence-electron chi connectivity index (χ4n) is 6.32. The Morgan fingerprint density at radius 3 is 2.08 bits per heavy atom. The van der Waals surface area contributed by atoms with Crippen molar-refractivity contribution >= 4 is 32.9 Å². The summed E-state index contributed by atoms with van der Waals surface area (Å²) in [5.41, 5.74) is 10.6. The molecule has 3 aromatic heterocycles. The Morgan fingerprint density at radius 1 is 0.649 bits per heavy atom. The van der Waals surface area contributed by atoms with Crippen LogP contribution >= 0.6 is 0 Å². The molecule has 0 unspecified atom stereocenters. The molecular weight excluding hydrogens is 454 g/mol. The molecule has 176 valence electrons. The van der Waals surface area contributed by atoms with Crippen LogP contribution in [0.3, 0.4) is 0 Å². The lowest BCUT2D eigenvalue weighted by molar-refractivity contribution is 0.614. The van der Waals surface area contributed by atoms with Crippen LogP contribution in [0, 0.1) is 0 Å². The summed E-state index contributed by atoms with van der Waals surface area (Å²) in [5.74, 6) is 0.646. The minimum Gasteiger partial charge on any atom is -0.460 e. The van der Waals surface area contributed by atoms with Crippen molar-refractivity contribution in [2.45, 2.75) is 19.3 Å². The van der Waals surface area contributed by atoms with Gasteiger partial charge in [0.05, 0.1) is 17.3 Å². The van der Waals surface area contributed by atoms with Gasteiger partial charge in [0.25, 0.3) is 0 Å². The van der Waals surface area contributed by atoms with Gasteiger partial charge in [0.1, 0.15) is 11.2 Å².